The van der Waals surface area contributed by atoms with Crippen LogP contribution in [0.2, 0.25) is 5.15 Å². The minimum atomic E-state index is -0.738. The molecule has 4 aromatic rings. The van der Waals surface area contributed by atoms with Gasteiger partial charge >= 0.3 is 11.7 Å². The molecule has 9 nitrogen and oxygen atoms in total. The van der Waals surface area contributed by atoms with Crippen LogP contribution in [0.4, 0.5) is 0 Å². The standard InChI is InChI=1S/C23H20ClN3O6/c1-3-33-19(28)12-26-22(30)20-16(25-23(26)31)11-18(24)27(20)14-9-7-13(8-10-14)15-5-4-6-17(32-2)21(15)29/h4-11,29H,3,12H2,1-2H3,(H,25,31). The van der Waals surface area contributed by atoms with Crippen molar-refractivity contribution < 1.29 is 19.4 Å². The number of hydrogen-bond acceptors (Lipinski definition) is 6. The zero-order valence-electron chi connectivity index (χ0n) is 17.8. The highest BCUT2D eigenvalue weighted by Gasteiger charge is 2.19. The van der Waals surface area contributed by atoms with Gasteiger partial charge in [-0.1, -0.05) is 35.9 Å². The lowest BCUT2D eigenvalue weighted by molar-refractivity contribution is -0.143. The maximum Gasteiger partial charge on any atom is 0.329 e. The number of rotatable bonds is 6. The van der Waals surface area contributed by atoms with Crippen molar-refractivity contribution in [2.24, 2.45) is 0 Å². The number of ether oxygens (including phenoxy) is 2. The number of carbonyl (C=O) groups is 1. The highest BCUT2D eigenvalue weighted by atomic mass is 35.5. The Morgan fingerprint density at radius 1 is 1.15 bits per heavy atom. The normalized spacial score (nSPS) is 11.0. The topological polar surface area (TPSA) is 116 Å². The summed E-state index contributed by atoms with van der Waals surface area (Å²) in [6, 6.07) is 13.6. The van der Waals surface area contributed by atoms with Crippen LogP contribution in [0.5, 0.6) is 11.5 Å². The molecule has 33 heavy (non-hydrogen) atoms. The highest BCUT2D eigenvalue weighted by Crippen LogP contribution is 2.37. The number of carbonyl (C=O) groups excluding carboxylic acids is 1. The highest BCUT2D eigenvalue weighted by molar-refractivity contribution is 6.31. The summed E-state index contributed by atoms with van der Waals surface area (Å²) < 4.78 is 12.3. The second-order valence-corrected chi connectivity index (χ2v) is 7.48. The Balaban J connectivity index is 1.82. The molecule has 0 saturated carbocycles. The fourth-order valence-electron chi connectivity index (χ4n) is 3.63. The van der Waals surface area contributed by atoms with E-state index in [0.717, 1.165) is 10.1 Å². The molecule has 10 heteroatoms. The number of benzene rings is 2. The van der Waals surface area contributed by atoms with Crippen molar-refractivity contribution in [2.45, 2.75) is 13.5 Å². The molecule has 0 bridgehead atoms. The van der Waals surface area contributed by atoms with Crippen LogP contribution in [0, 0.1) is 0 Å². The summed E-state index contributed by atoms with van der Waals surface area (Å²) in [4.78, 5) is 39.9. The number of halogens is 1. The third-order valence-corrected chi connectivity index (χ3v) is 5.42. The van der Waals surface area contributed by atoms with Gasteiger partial charge in [-0.25, -0.2) is 9.36 Å². The minimum Gasteiger partial charge on any atom is -0.504 e. The first-order valence-electron chi connectivity index (χ1n) is 10.0. The van der Waals surface area contributed by atoms with E-state index in [1.54, 1.807) is 49.4 Å². The average Bonchev–Trinajstić information content (AvgIpc) is 3.13. The second kappa shape index (κ2) is 8.87. The molecule has 170 valence electrons. The number of nitrogens with zero attached hydrogens (tertiary/aromatic N) is 2. The molecule has 0 radical (unpaired) electrons. The van der Waals surface area contributed by atoms with Gasteiger partial charge in [-0.2, -0.15) is 0 Å². The summed E-state index contributed by atoms with van der Waals surface area (Å²) in [5, 5.41) is 10.6. The Morgan fingerprint density at radius 2 is 1.88 bits per heavy atom. The van der Waals surface area contributed by atoms with Gasteiger partial charge < -0.3 is 19.6 Å². The smallest absolute Gasteiger partial charge is 0.329 e. The monoisotopic (exact) mass is 469 g/mol. The number of para-hydroxylation sites is 1. The Bertz CT molecular complexity index is 1470. The van der Waals surface area contributed by atoms with E-state index in [1.165, 1.54) is 17.7 Å². The number of hydrogen-bond donors (Lipinski definition) is 2. The largest absolute Gasteiger partial charge is 0.504 e. The lowest BCUT2D eigenvalue weighted by Gasteiger charge is -2.11. The molecule has 2 N–H and O–H groups in total. The second-order valence-electron chi connectivity index (χ2n) is 7.09. The fraction of sp³-hybridized carbons (Fsp3) is 0.174. The Morgan fingerprint density at radius 3 is 2.55 bits per heavy atom. The first-order chi connectivity index (χ1) is 15.8. The van der Waals surface area contributed by atoms with Crippen molar-refractivity contribution in [1.29, 1.82) is 0 Å². The van der Waals surface area contributed by atoms with Crippen molar-refractivity contribution >= 4 is 28.6 Å². The molecule has 0 unspecified atom stereocenters. The summed E-state index contributed by atoms with van der Waals surface area (Å²) in [5.74, 6) is -0.338. The van der Waals surface area contributed by atoms with Crippen LogP contribution in [0.1, 0.15) is 6.92 Å². The van der Waals surface area contributed by atoms with Gasteiger partial charge in [-0.15, -0.1) is 0 Å². The Kier molecular flexibility index (Phi) is 5.97. The molecule has 0 atom stereocenters. The third-order valence-electron chi connectivity index (χ3n) is 5.14. The predicted molar refractivity (Wildman–Crippen MR) is 123 cm³/mol. The number of aromatic hydroxyl groups is 1. The van der Waals surface area contributed by atoms with Crippen molar-refractivity contribution in [3.05, 3.63) is 74.5 Å². The number of phenols is 1. The third kappa shape index (κ3) is 3.98. The number of H-pyrrole nitrogens is 1. The van der Waals surface area contributed by atoms with Gasteiger partial charge in [-0.05, 0) is 36.8 Å². The van der Waals surface area contributed by atoms with E-state index in [4.69, 9.17) is 21.1 Å². The van der Waals surface area contributed by atoms with E-state index < -0.39 is 23.8 Å². The maximum atomic E-state index is 13.1. The van der Waals surface area contributed by atoms with E-state index >= 15 is 0 Å². The SMILES string of the molecule is CCOC(=O)Cn1c(=O)[nH]c2cc(Cl)n(-c3ccc(-c4cccc(OC)c4O)cc3)c2c1=O. The molecule has 0 aliphatic carbocycles. The molecule has 2 aromatic carbocycles. The van der Waals surface area contributed by atoms with E-state index in [2.05, 4.69) is 4.98 Å². The summed E-state index contributed by atoms with van der Waals surface area (Å²) in [6.07, 6.45) is 0. The molecule has 0 aliphatic heterocycles. The first kappa shape index (κ1) is 22.2. The molecular formula is C23H20ClN3O6. The molecule has 0 amide bonds. The molecule has 0 fully saturated rings. The summed E-state index contributed by atoms with van der Waals surface area (Å²) in [7, 11) is 1.47. The number of phenolic OH excluding ortho intramolecular Hbond substituents is 1. The number of fused-ring (bicyclic) bond motifs is 1. The fourth-order valence-corrected chi connectivity index (χ4v) is 3.92. The lowest BCUT2D eigenvalue weighted by atomic mass is 10.0. The van der Waals surface area contributed by atoms with Gasteiger partial charge in [0.2, 0.25) is 0 Å². The van der Waals surface area contributed by atoms with Crippen molar-refractivity contribution in [2.75, 3.05) is 13.7 Å². The molecule has 2 heterocycles. The van der Waals surface area contributed by atoms with Gasteiger partial charge in [0.1, 0.15) is 17.2 Å². The van der Waals surface area contributed by atoms with Crippen LogP contribution in [0.15, 0.2) is 58.1 Å². The van der Waals surface area contributed by atoms with Gasteiger partial charge in [0.25, 0.3) is 5.56 Å². The van der Waals surface area contributed by atoms with E-state index in [-0.39, 0.29) is 28.5 Å². The molecule has 0 spiro atoms. The number of methoxy groups -OCH3 is 1. The van der Waals surface area contributed by atoms with Gasteiger partial charge in [-0.3, -0.25) is 14.2 Å². The molecule has 2 aromatic heterocycles. The Hall–Kier alpha value is -3.98. The minimum absolute atomic E-state index is 0.0108. The van der Waals surface area contributed by atoms with Gasteiger partial charge in [0, 0.05) is 11.3 Å². The number of nitrogens with one attached hydrogen (secondary N) is 1. The number of esters is 1. The number of aromatic nitrogens is 3. The molecule has 4 rings (SSSR count). The quantitative estimate of drug-likeness (QED) is 0.419. The van der Waals surface area contributed by atoms with Crippen LogP contribution < -0.4 is 16.0 Å². The predicted octanol–water partition coefficient (Wildman–Crippen LogP) is 3.08. The maximum absolute atomic E-state index is 13.1. The van der Waals surface area contributed by atoms with Crippen LogP contribution in [-0.2, 0) is 16.1 Å². The first-order valence-corrected chi connectivity index (χ1v) is 10.4. The van der Waals surface area contributed by atoms with Gasteiger partial charge in [0.05, 0.1) is 19.2 Å². The van der Waals surface area contributed by atoms with Crippen molar-refractivity contribution in [1.82, 2.24) is 14.1 Å². The van der Waals surface area contributed by atoms with E-state index in [0.29, 0.717) is 17.0 Å². The Labute approximate surface area is 192 Å². The van der Waals surface area contributed by atoms with E-state index in [1.807, 2.05) is 0 Å². The summed E-state index contributed by atoms with van der Waals surface area (Å²) >= 11 is 6.40. The van der Waals surface area contributed by atoms with Crippen molar-refractivity contribution in [3.63, 3.8) is 0 Å². The lowest BCUT2D eigenvalue weighted by Crippen LogP contribution is -2.38. The molecule has 0 aliphatic rings. The summed E-state index contributed by atoms with van der Waals surface area (Å²) in [5.41, 5.74) is 0.779. The zero-order chi connectivity index (χ0) is 23.7. The summed E-state index contributed by atoms with van der Waals surface area (Å²) in [6.45, 7) is 1.24. The van der Waals surface area contributed by atoms with Crippen LogP contribution in [0.25, 0.3) is 27.8 Å². The van der Waals surface area contributed by atoms with Crippen LogP contribution in [-0.4, -0.2) is 38.9 Å². The molecule has 0 saturated heterocycles. The van der Waals surface area contributed by atoms with Gasteiger partial charge in [0.15, 0.2) is 11.5 Å². The van der Waals surface area contributed by atoms with E-state index in [9.17, 15) is 19.5 Å². The van der Waals surface area contributed by atoms with Crippen LogP contribution in [0.3, 0.4) is 0 Å². The average molecular weight is 470 g/mol. The zero-order valence-corrected chi connectivity index (χ0v) is 18.5. The number of aromatic amines is 1. The van der Waals surface area contributed by atoms with Crippen LogP contribution >= 0.6 is 11.6 Å². The molecular weight excluding hydrogens is 450 g/mol. The van der Waals surface area contributed by atoms with Crippen molar-refractivity contribution in [3.8, 4) is 28.3 Å².